The molecule has 0 aliphatic carbocycles. The molecule has 0 fully saturated rings. The summed E-state index contributed by atoms with van der Waals surface area (Å²) < 4.78 is 18.2. The smallest absolute Gasteiger partial charge is 0.307 e. The van der Waals surface area contributed by atoms with Gasteiger partial charge < -0.3 is 15.2 Å². The van der Waals surface area contributed by atoms with E-state index in [1.54, 1.807) is 18.2 Å². The van der Waals surface area contributed by atoms with Gasteiger partial charge in [0.1, 0.15) is 5.82 Å². The zero-order valence-electron chi connectivity index (χ0n) is 12.1. The summed E-state index contributed by atoms with van der Waals surface area (Å²) in [6, 6.07) is 6.11. The molecule has 0 bridgehead atoms. The van der Waals surface area contributed by atoms with Gasteiger partial charge in [-0.15, -0.1) is 0 Å². The Labute approximate surface area is 119 Å². The second kappa shape index (κ2) is 7.36. The van der Waals surface area contributed by atoms with E-state index in [4.69, 9.17) is 0 Å². The van der Waals surface area contributed by atoms with Gasteiger partial charge in [0, 0.05) is 17.6 Å². The van der Waals surface area contributed by atoms with Gasteiger partial charge in [0.25, 0.3) is 0 Å². The normalized spacial score (nSPS) is 15.4. The Kier molecular flexibility index (Phi) is 6.10. The van der Waals surface area contributed by atoms with Gasteiger partial charge in [-0.25, -0.2) is 4.39 Å². The minimum Gasteiger partial charge on any atom is -0.469 e. The second-order valence-electron chi connectivity index (χ2n) is 5.09. The van der Waals surface area contributed by atoms with Gasteiger partial charge in [0.15, 0.2) is 0 Å². The summed E-state index contributed by atoms with van der Waals surface area (Å²) in [6.45, 7) is 3.98. The Morgan fingerprint density at radius 1 is 1.50 bits per heavy atom. The lowest BCUT2D eigenvalue weighted by molar-refractivity contribution is -0.142. The highest BCUT2D eigenvalue weighted by atomic mass is 19.1. The SMILES string of the molecule is CCC(C)(CC(=O)OC)NCC(O)c1ccccc1F. The van der Waals surface area contributed by atoms with Crippen LogP contribution in [0.3, 0.4) is 0 Å². The zero-order valence-corrected chi connectivity index (χ0v) is 12.1. The van der Waals surface area contributed by atoms with Gasteiger partial charge in [-0.1, -0.05) is 25.1 Å². The molecule has 4 nitrogen and oxygen atoms in total. The van der Waals surface area contributed by atoms with Crippen LogP contribution in [0.1, 0.15) is 38.4 Å². The molecule has 0 aliphatic heterocycles. The first kappa shape index (κ1) is 16.6. The van der Waals surface area contributed by atoms with Crippen molar-refractivity contribution < 1.29 is 19.0 Å². The highest BCUT2D eigenvalue weighted by Gasteiger charge is 2.27. The van der Waals surface area contributed by atoms with E-state index in [-0.39, 0.29) is 24.5 Å². The second-order valence-corrected chi connectivity index (χ2v) is 5.09. The average Bonchev–Trinajstić information content (AvgIpc) is 2.45. The maximum Gasteiger partial charge on any atom is 0.307 e. The molecule has 5 heteroatoms. The number of ether oxygens (including phenoxy) is 1. The van der Waals surface area contributed by atoms with Gasteiger partial charge >= 0.3 is 5.97 Å². The number of halogens is 1. The predicted octanol–water partition coefficient (Wildman–Crippen LogP) is 2.18. The summed E-state index contributed by atoms with van der Waals surface area (Å²) in [5.74, 6) is -0.754. The monoisotopic (exact) mass is 283 g/mol. The van der Waals surface area contributed by atoms with Crippen molar-refractivity contribution in [2.45, 2.75) is 38.3 Å². The molecular formula is C15H22FNO3. The molecule has 1 rings (SSSR count). The molecular weight excluding hydrogens is 261 g/mol. The first-order valence-corrected chi connectivity index (χ1v) is 6.66. The van der Waals surface area contributed by atoms with Crippen molar-refractivity contribution in [2.75, 3.05) is 13.7 Å². The van der Waals surface area contributed by atoms with Crippen LogP contribution >= 0.6 is 0 Å². The van der Waals surface area contributed by atoms with Crippen molar-refractivity contribution in [3.05, 3.63) is 35.6 Å². The van der Waals surface area contributed by atoms with Crippen molar-refractivity contribution in [3.63, 3.8) is 0 Å². The number of carbonyl (C=O) groups excluding carboxylic acids is 1. The summed E-state index contributed by atoms with van der Waals surface area (Å²) in [6.07, 6.45) is -0.0736. The topological polar surface area (TPSA) is 58.6 Å². The fraction of sp³-hybridized carbons (Fsp3) is 0.533. The number of hydrogen-bond donors (Lipinski definition) is 2. The molecule has 1 aromatic rings. The van der Waals surface area contributed by atoms with Crippen LogP contribution in [0.5, 0.6) is 0 Å². The lowest BCUT2D eigenvalue weighted by Gasteiger charge is -2.30. The third kappa shape index (κ3) is 4.58. The predicted molar refractivity (Wildman–Crippen MR) is 74.7 cm³/mol. The van der Waals surface area contributed by atoms with Crippen molar-refractivity contribution in [1.29, 1.82) is 0 Å². The minimum absolute atomic E-state index is 0.169. The molecule has 20 heavy (non-hydrogen) atoms. The standard InChI is InChI=1S/C15H22FNO3/c1-4-15(2,9-14(19)20-3)17-10-13(18)11-7-5-6-8-12(11)16/h5-8,13,17-18H,4,9-10H2,1-3H3. The summed E-state index contributed by atoms with van der Waals surface area (Å²) >= 11 is 0. The van der Waals surface area contributed by atoms with Gasteiger partial charge in [0.05, 0.1) is 19.6 Å². The molecule has 0 amide bonds. The van der Waals surface area contributed by atoms with Crippen molar-refractivity contribution in [2.24, 2.45) is 0 Å². The van der Waals surface area contributed by atoms with E-state index in [0.29, 0.717) is 6.42 Å². The summed E-state index contributed by atoms with van der Waals surface area (Å²) in [4.78, 5) is 11.4. The van der Waals surface area contributed by atoms with Gasteiger partial charge in [-0.2, -0.15) is 0 Å². The quantitative estimate of drug-likeness (QED) is 0.753. The minimum atomic E-state index is -0.959. The van der Waals surface area contributed by atoms with E-state index in [1.165, 1.54) is 13.2 Å². The first-order chi connectivity index (χ1) is 9.41. The van der Waals surface area contributed by atoms with E-state index < -0.39 is 17.5 Å². The number of methoxy groups -OCH3 is 1. The van der Waals surface area contributed by atoms with Crippen LogP contribution in [-0.2, 0) is 9.53 Å². The Morgan fingerprint density at radius 3 is 2.70 bits per heavy atom. The molecule has 0 radical (unpaired) electrons. The molecule has 0 spiro atoms. The van der Waals surface area contributed by atoms with Crippen LogP contribution in [0.2, 0.25) is 0 Å². The fourth-order valence-electron chi connectivity index (χ4n) is 1.90. The maximum absolute atomic E-state index is 13.5. The van der Waals surface area contributed by atoms with Crippen LogP contribution in [0.15, 0.2) is 24.3 Å². The van der Waals surface area contributed by atoms with Crippen molar-refractivity contribution in [1.82, 2.24) is 5.32 Å². The molecule has 2 N–H and O–H groups in total. The Morgan fingerprint density at radius 2 is 2.15 bits per heavy atom. The van der Waals surface area contributed by atoms with Crippen molar-refractivity contribution >= 4 is 5.97 Å². The summed E-state index contributed by atoms with van der Waals surface area (Å²) in [7, 11) is 1.34. The molecule has 2 unspecified atom stereocenters. The van der Waals surface area contributed by atoms with Crippen molar-refractivity contribution in [3.8, 4) is 0 Å². The lowest BCUT2D eigenvalue weighted by atomic mass is 9.94. The average molecular weight is 283 g/mol. The number of aliphatic hydroxyl groups is 1. The van der Waals surface area contributed by atoms with E-state index in [0.717, 1.165) is 0 Å². The van der Waals surface area contributed by atoms with E-state index in [1.807, 2.05) is 13.8 Å². The maximum atomic E-state index is 13.5. The Balaban J connectivity index is 2.64. The van der Waals surface area contributed by atoms with Crippen LogP contribution in [0.25, 0.3) is 0 Å². The number of benzene rings is 1. The molecule has 112 valence electrons. The van der Waals surface area contributed by atoms with Crippen LogP contribution in [0.4, 0.5) is 4.39 Å². The third-order valence-corrected chi connectivity index (χ3v) is 3.53. The number of esters is 1. The number of β-amino-alcohol motifs (C(OH)–C–C–N with tert-alkyl or cyclic N) is 1. The van der Waals surface area contributed by atoms with Crippen LogP contribution in [0, 0.1) is 5.82 Å². The van der Waals surface area contributed by atoms with Gasteiger partial charge in [-0.3, -0.25) is 4.79 Å². The number of aliphatic hydroxyl groups excluding tert-OH is 1. The van der Waals surface area contributed by atoms with E-state index in [9.17, 15) is 14.3 Å². The number of rotatable bonds is 7. The van der Waals surface area contributed by atoms with Gasteiger partial charge in [0.2, 0.25) is 0 Å². The Hall–Kier alpha value is -1.46. The molecule has 0 heterocycles. The third-order valence-electron chi connectivity index (χ3n) is 3.53. The van der Waals surface area contributed by atoms with Crippen LogP contribution in [-0.4, -0.2) is 30.3 Å². The molecule has 0 saturated carbocycles. The number of nitrogens with one attached hydrogen (secondary N) is 1. The molecule has 0 aliphatic rings. The van der Waals surface area contributed by atoms with Gasteiger partial charge in [-0.05, 0) is 19.4 Å². The highest BCUT2D eigenvalue weighted by molar-refractivity contribution is 5.70. The van der Waals surface area contributed by atoms with Crippen LogP contribution < -0.4 is 5.32 Å². The Bertz CT molecular complexity index is 452. The highest BCUT2D eigenvalue weighted by Crippen LogP contribution is 2.19. The number of hydrogen-bond acceptors (Lipinski definition) is 4. The first-order valence-electron chi connectivity index (χ1n) is 6.66. The molecule has 0 saturated heterocycles. The van der Waals surface area contributed by atoms with E-state index in [2.05, 4.69) is 10.1 Å². The lowest BCUT2D eigenvalue weighted by Crippen LogP contribution is -2.45. The summed E-state index contributed by atoms with van der Waals surface area (Å²) in [5.41, 5.74) is -0.240. The fourth-order valence-corrected chi connectivity index (χ4v) is 1.90. The molecule has 1 aromatic carbocycles. The molecule has 2 atom stereocenters. The zero-order chi connectivity index (χ0) is 15.2. The number of carbonyl (C=O) groups is 1. The molecule has 0 aromatic heterocycles. The van der Waals surface area contributed by atoms with E-state index >= 15 is 0 Å². The summed E-state index contributed by atoms with van der Waals surface area (Å²) in [5, 5.41) is 13.2. The largest absolute Gasteiger partial charge is 0.469 e.